The van der Waals surface area contributed by atoms with Crippen molar-refractivity contribution in [2.45, 2.75) is 25.6 Å². The monoisotopic (exact) mass is 383 g/mol. The average molecular weight is 384 g/mol. The number of pyridine rings is 1. The maximum absolute atomic E-state index is 13.2. The van der Waals surface area contributed by atoms with Crippen molar-refractivity contribution in [3.63, 3.8) is 0 Å². The van der Waals surface area contributed by atoms with Gasteiger partial charge in [0.2, 0.25) is 6.10 Å². The van der Waals surface area contributed by atoms with Gasteiger partial charge in [-0.1, -0.05) is 11.6 Å². The van der Waals surface area contributed by atoms with Crippen molar-refractivity contribution in [3.05, 3.63) is 63.4 Å². The number of carboxylic acid groups (broad SMARTS) is 1. The Labute approximate surface area is 151 Å². The second-order valence-electron chi connectivity index (χ2n) is 5.93. The summed E-state index contributed by atoms with van der Waals surface area (Å²) in [7, 11) is 0. The second kappa shape index (κ2) is 6.64. The first-order chi connectivity index (χ1) is 12.1. The van der Waals surface area contributed by atoms with Crippen LogP contribution < -0.4 is 4.74 Å². The Hall–Kier alpha value is -2.54. The number of aryl methyl sites for hydroxylation is 1. The summed E-state index contributed by atoms with van der Waals surface area (Å²) in [5.41, 5.74) is 1.54. The number of benzene rings is 1. The third kappa shape index (κ3) is 3.67. The number of alkyl halides is 3. The maximum Gasteiger partial charge on any atom is 0.430 e. The molecule has 0 radical (unpaired) electrons. The van der Waals surface area contributed by atoms with Crippen molar-refractivity contribution in [2.75, 3.05) is 0 Å². The third-order valence-corrected chi connectivity index (χ3v) is 4.26. The number of carboxylic acids is 1. The number of aromatic nitrogens is 1. The van der Waals surface area contributed by atoms with E-state index in [9.17, 15) is 18.0 Å². The zero-order valence-corrected chi connectivity index (χ0v) is 14.2. The smallest absolute Gasteiger partial charge is 0.430 e. The Morgan fingerprint density at radius 3 is 2.69 bits per heavy atom. The number of rotatable bonds is 3. The second-order valence-corrected chi connectivity index (χ2v) is 6.33. The SMILES string of the molecule is Cc1ccnc(Cc2cc3c(cc2Cl)C=C(C(=O)O)C(C(F)(F)F)O3)c1. The highest BCUT2D eigenvalue weighted by atomic mass is 35.5. The first-order valence-electron chi connectivity index (χ1n) is 7.57. The number of carbonyl (C=O) groups is 1. The van der Waals surface area contributed by atoms with Gasteiger partial charge in [-0.2, -0.15) is 13.2 Å². The van der Waals surface area contributed by atoms with Gasteiger partial charge in [0.15, 0.2) is 0 Å². The van der Waals surface area contributed by atoms with E-state index in [2.05, 4.69) is 4.98 Å². The lowest BCUT2D eigenvalue weighted by Crippen LogP contribution is -2.40. The number of fused-ring (bicyclic) bond motifs is 1. The first kappa shape index (κ1) is 18.3. The Bertz CT molecular complexity index is 909. The lowest BCUT2D eigenvalue weighted by molar-refractivity contribution is -0.187. The summed E-state index contributed by atoms with van der Waals surface area (Å²) in [4.78, 5) is 15.4. The molecule has 2 aromatic rings. The summed E-state index contributed by atoms with van der Waals surface area (Å²) in [5.74, 6) is -1.76. The van der Waals surface area contributed by atoms with E-state index < -0.39 is 23.8 Å². The van der Waals surface area contributed by atoms with Crippen molar-refractivity contribution >= 4 is 23.6 Å². The molecular weight excluding hydrogens is 371 g/mol. The largest absolute Gasteiger partial charge is 0.478 e. The molecule has 1 aromatic carbocycles. The molecule has 1 aromatic heterocycles. The van der Waals surface area contributed by atoms with Crippen LogP contribution in [0.5, 0.6) is 5.75 Å². The van der Waals surface area contributed by atoms with Gasteiger partial charge in [-0.15, -0.1) is 0 Å². The van der Waals surface area contributed by atoms with E-state index in [0.29, 0.717) is 22.7 Å². The summed E-state index contributed by atoms with van der Waals surface area (Å²) in [6.07, 6.45) is -4.49. The lowest BCUT2D eigenvalue weighted by atomic mass is 9.98. The van der Waals surface area contributed by atoms with Gasteiger partial charge in [0.25, 0.3) is 0 Å². The molecule has 1 unspecified atom stereocenters. The third-order valence-electron chi connectivity index (χ3n) is 3.91. The van der Waals surface area contributed by atoms with E-state index in [1.807, 2.05) is 19.1 Å². The molecule has 0 saturated carbocycles. The standard InChI is InChI=1S/C18H13ClF3NO3/c1-9-2-3-23-12(4-9)5-10-8-15-11(7-14(10)19)6-13(17(24)25)16(26-15)18(20,21)22/h2-4,6-8,16H,5H2,1H3,(H,24,25). The quantitative estimate of drug-likeness (QED) is 0.852. The van der Waals surface area contributed by atoms with E-state index in [4.69, 9.17) is 21.4 Å². The highest BCUT2D eigenvalue weighted by molar-refractivity contribution is 6.31. The molecule has 1 aliphatic heterocycles. The molecule has 4 nitrogen and oxygen atoms in total. The van der Waals surface area contributed by atoms with Gasteiger partial charge in [0.05, 0.1) is 5.57 Å². The van der Waals surface area contributed by atoms with Gasteiger partial charge >= 0.3 is 12.1 Å². The van der Waals surface area contributed by atoms with Crippen molar-refractivity contribution in [1.29, 1.82) is 0 Å². The Morgan fingerprint density at radius 2 is 2.08 bits per heavy atom. The average Bonchev–Trinajstić information content (AvgIpc) is 2.53. The van der Waals surface area contributed by atoms with Gasteiger partial charge in [0, 0.05) is 28.9 Å². The van der Waals surface area contributed by atoms with Crippen LogP contribution >= 0.6 is 11.6 Å². The molecule has 136 valence electrons. The van der Waals surface area contributed by atoms with E-state index in [0.717, 1.165) is 11.6 Å². The first-order valence-corrected chi connectivity index (χ1v) is 7.95. The van der Waals surface area contributed by atoms with Crippen LogP contribution in [0, 0.1) is 6.92 Å². The van der Waals surface area contributed by atoms with Gasteiger partial charge in [0.1, 0.15) is 5.75 Å². The number of nitrogens with zero attached hydrogens (tertiary/aromatic N) is 1. The minimum absolute atomic E-state index is 0.0654. The lowest BCUT2D eigenvalue weighted by Gasteiger charge is -2.27. The predicted molar refractivity (Wildman–Crippen MR) is 89.3 cm³/mol. The fourth-order valence-electron chi connectivity index (χ4n) is 2.70. The number of aliphatic carboxylic acids is 1. The van der Waals surface area contributed by atoms with Crippen LogP contribution in [0.25, 0.3) is 6.08 Å². The molecule has 0 aliphatic carbocycles. The summed E-state index contributed by atoms with van der Waals surface area (Å²) in [6.45, 7) is 1.90. The molecule has 8 heteroatoms. The van der Waals surface area contributed by atoms with E-state index >= 15 is 0 Å². The molecule has 1 aliphatic rings. The van der Waals surface area contributed by atoms with Crippen LogP contribution in [0.1, 0.15) is 22.4 Å². The molecule has 1 atom stereocenters. The normalized spacial score (nSPS) is 16.5. The fourth-order valence-corrected chi connectivity index (χ4v) is 2.94. The Kier molecular flexibility index (Phi) is 4.66. The molecule has 26 heavy (non-hydrogen) atoms. The van der Waals surface area contributed by atoms with E-state index in [1.54, 1.807) is 6.20 Å². The Morgan fingerprint density at radius 1 is 1.35 bits per heavy atom. The molecule has 0 bridgehead atoms. The van der Waals surface area contributed by atoms with Crippen LogP contribution in [0.15, 0.2) is 36.0 Å². The zero-order chi connectivity index (χ0) is 19.1. The van der Waals surface area contributed by atoms with Crippen molar-refractivity contribution in [1.82, 2.24) is 4.98 Å². The zero-order valence-electron chi connectivity index (χ0n) is 13.5. The summed E-state index contributed by atoms with van der Waals surface area (Å²) in [6, 6.07) is 6.47. The minimum atomic E-state index is -4.85. The molecule has 0 spiro atoms. The van der Waals surface area contributed by atoms with Crippen LogP contribution in [-0.2, 0) is 11.2 Å². The molecule has 2 heterocycles. The van der Waals surface area contributed by atoms with Crippen molar-refractivity contribution < 1.29 is 27.8 Å². The van der Waals surface area contributed by atoms with Gasteiger partial charge in [-0.05, 0) is 48.4 Å². The molecule has 1 N–H and O–H groups in total. The van der Waals surface area contributed by atoms with Gasteiger partial charge < -0.3 is 9.84 Å². The highest BCUT2D eigenvalue weighted by Crippen LogP contribution is 2.39. The summed E-state index contributed by atoms with van der Waals surface area (Å²) < 4.78 is 44.4. The topological polar surface area (TPSA) is 59.4 Å². The minimum Gasteiger partial charge on any atom is -0.478 e. The molecule has 0 fully saturated rings. The molecule has 0 saturated heterocycles. The highest BCUT2D eigenvalue weighted by Gasteiger charge is 2.48. The summed E-state index contributed by atoms with van der Waals surface area (Å²) >= 11 is 6.22. The van der Waals surface area contributed by atoms with E-state index in [-0.39, 0.29) is 11.3 Å². The van der Waals surface area contributed by atoms with Crippen LogP contribution in [0.3, 0.4) is 0 Å². The molecule has 0 amide bonds. The predicted octanol–water partition coefficient (Wildman–Crippen LogP) is 4.43. The number of hydrogen-bond donors (Lipinski definition) is 1. The molecule has 3 rings (SSSR count). The van der Waals surface area contributed by atoms with E-state index in [1.165, 1.54) is 12.1 Å². The van der Waals surface area contributed by atoms with Crippen molar-refractivity contribution in [3.8, 4) is 5.75 Å². The van der Waals surface area contributed by atoms with Crippen LogP contribution in [-0.4, -0.2) is 28.3 Å². The maximum atomic E-state index is 13.2. The fraction of sp³-hybridized carbons (Fsp3) is 0.222. The van der Waals surface area contributed by atoms with Gasteiger partial charge in [-0.25, -0.2) is 4.79 Å². The number of ether oxygens (including phenoxy) is 1. The van der Waals surface area contributed by atoms with Crippen molar-refractivity contribution in [2.24, 2.45) is 0 Å². The van der Waals surface area contributed by atoms with Crippen LogP contribution in [0.2, 0.25) is 5.02 Å². The number of halogens is 4. The molecular formula is C18H13ClF3NO3. The Balaban J connectivity index is 2.01. The van der Waals surface area contributed by atoms with Gasteiger partial charge in [-0.3, -0.25) is 4.98 Å². The summed E-state index contributed by atoms with van der Waals surface area (Å²) in [5, 5.41) is 9.35. The number of hydrogen-bond acceptors (Lipinski definition) is 3. The van der Waals surface area contributed by atoms with Crippen LogP contribution in [0.4, 0.5) is 13.2 Å².